The van der Waals surface area contributed by atoms with Crippen molar-refractivity contribution in [3.05, 3.63) is 31.9 Å². The summed E-state index contributed by atoms with van der Waals surface area (Å²) in [6.07, 6.45) is 6.04. The van der Waals surface area contributed by atoms with Crippen LogP contribution in [0.2, 0.25) is 5.28 Å². The molecular weight excluding hydrogens is 354 g/mol. The van der Waals surface area contributed by atoms with Crippen LogP contribution in [0.5, 0.6) is 0 Å². The lowest BCUT2D eigenvalue weighted by Crippen LogP contribution is -2.26. The standard InChI is InChI=1S/C13H13BrClN3O.C2H6/c1-7-9-6-16-13(15)17-11(9)18(12(19)10(7)14)8-4-2-3-5-8;1-2/h6,8H,2-5H2,1H3;1-2H3. The molecule has 0 radical (unpaired) electrons. The average molecular weight is 373 g/mol. The minimum atomic E-state index is -0.0216. The summed E-state index contributed by atoms with van der Waals surface area (Å²) in [6.45, 7) is 5.89. The second-order valence-electron chi connectivity index (χ2n) is 4.93. The molecule has 114 valence electrons. The van der Waals surface area contributed by atoms with Gasteiger partial charge in [0.15, 0.2) is 0 Å². The Morgan fingerprint density at radius 3 is 2.57 bits per heavy atom. The van der Waals surface area contributed by atoms with E-state index in [2.05, 4.69) is 25.9 Å². The summed E-state index contributed by atoms with van der Waals surface area (Å²) < 4.78 is 2.38. The van der Waals surface area contributed by atoms with E-state index in [1.54, 1.807) is 10.8 Å². The fraction of sp³-hybridized carbons (Fsp3) is 0.533. The zero-order chi connectivity index (χ0) is 15.6. The van der Waals surface area contributed by atoms with Crippen LogP contribution in [-0.2, 0) is 0 Å². The van der Waals surface area contributed by atoms with Crippen molar-refractivity contribution >= 4 is 38.6 Å². The molecule has 4 nitrogen and oxygen atoms in total. The Balaban J connectivity index is 0.000000774. The Labute approximate surface area is 137 Å². The molecule has 0 unspecified atom stereocenters. The van der Waals surface area contributed by atoms with E-state index in [0.29, 0.717) is 10.1 Å². The molecule has 1 saturated carbocycles. The van der Waals surface area contributed by atoms with E-state index in [9.17, 15) is 4.79 Å². The number of rotatable bonds is 1. The van der Waals surface area contributed by atoms with E-state index < -0.39 is 0 Å². The van der Waals surface area contributed by atoms with Gasteiger partial charge in [0, 0.05) is 17.6 Å². The molecular formula is C15H19BrClN3O. The number of nitrogens with zero attached hydrogens (tertiary/aromatic N) is 3. The van der Waals surface area contributed by atoms with E-state index in [-0.39, 0.29) is 16.9 Å². The zero-order valence-electron chi connectivity index (χ0n) is 12.5. The summed E-state index contributed by atoms with van der Waals surface area (Å²) in [5, 5.41) is 1.06. The van der Waals surface area contributed by atoms with Crippen molar-refractivity contribution in [3.8, 4) is 0 Å². The molecule has 2 heterocycles. The van der Waals surface area contributed by atoms with Gasteiger partial charge in [-0.3, -0.25) is 9.36 Å². The zero-order valence-corrected chi connectivity index (χ0v) is 14.8. The molecule has 3 rings (SSSR count). The molecule has 6 heteroatoms. The van der Waals surface area contributed by atoms with E-state index >= 15 is 0 Å². The van der Waals surface area contributed by atoms with Crippen LogP contribution in [0.15, 0.2) is 15.5 Å². The topological polar surface area (TPSA) is 47.8 Å². The van der Waals surface area contributed by atoms with Crippen molar-refractivity contribution < 1.29 is 0 Å². The van der Waals surface area contributed by atoms with Crippen molar-refractivity contribution in [3.63, 3.8) is 0 Å². The number of hydrogen-bond acceptors (Lipinski definition) is 3. The van der Waals surface area contributed by atoms with E-state index in [1.807, 2.05) is 20.8 Å². The van der Waals surface area contributed by atoms with Gasteiger partial charge in [-0.15, -0.1) is 0 Å². The Hall–Kier alpha value is -0.940. The van der Waals surface area contributed by atoms with Crippen molar-refractivity contribution in [1.82, 2.24) is 14.5 Å². The summed E-state index contributed by atoms with van der Waals surface area (Å²) in [5.74, 6) is 0. The Morgan fingerprint density at radius 1 is 1.33 bits per heavy atom. The van der Waals surface area contributed by atoms with Crippen LogP contribution in [0.4, 0.5) is 0 Å². The van der Waals surface area contributed by atoms with Gasteiger partial charge in [0.1, 0.15) is 5.65 Å². The number of aryl methyl sites for hydroxylation is 1. The summed E-state index contributed by atoms with van der Waals surface area (Å²) in [6, 6.07) is 0.220. The molecule has 21 heavy (non-hydrogen) atoms. The molecule has 2 aromatic rings. The van der Waals surface area contributed by atoms with Gasteiger partial charge in [0.25, 0.3) is 5.56 Å². The highest BCUT2D eigenvalue weighted by Gasteiger charge is 2.23. The number of halogens is 2. The first-order valence-electron chi connectivity index (χ1n) is 7.32. The minimum Gasteiger partial charge on any atom is -0.288 e. The molecule has 1 aliphatic carbocycles. The summed E-state index contributed by atoms with van der Waals surface area (Å²) in [4.78, 5) is 20.8. The fourth-order valence-corrected chi connectivity index (χ4v) is 3.32. The van der Waals surface area contributed by atoms with Crippen molar-refractivity contribution in [1.29, 1.82) is 0 Å². The third kappa shape index (κ3) is 2.99. The third-order valence-corrected chi connectivity index (χ3v) is 4.91. The van der Waals surface area contributed by atoms with Gasteiger partial charge in [-0.2, -0.15) is 4.98 Å². The number of pyridine rings is 1. The fourth-order valence-electron chi connectivity index (χ4n) is 2.78. The van der Waals surface area contributed by atoms with Crippen LogP contribution in [0.1, 0.15) is 51.1 Å². The predicted octanol–water partition coefficient (Wildman–Crippen LogP) is 4.66. The first kappa shape index (κ1) is 16.4. The van der Waals surface area contributed by atoms with Crippen LogP contribution < -0.4 is 5.56 Å². The number of fused-ring (bicyclic) bond motifs is 1. The predicted molar refractivity (Wildman–Crippen MR) is 90.1 cm³/mol. The van der Waals surface area contributed by atoms with Gasteiger partial charge in [-0.25, -0.2) is 4.98 Å². The van der Waals surface area contributed by atoms with Gasteiger partial charge in [0.2, 0.25) is 5.28 Å². The Morgan fingerprint density at radius 2 is 1.95 bits per heavy atom. The Kier molecular flexibility index (Phi) is 5.38. The Bertz CT molecular complexity index is 708. The quantitative estimate of drug-likeness (QED) is 0.684. The van der Waals surface area contributed by atoms with Crippen LogP contribution in [-0.4, -0.2) is 14.5 Å². The van der Waals surface area contributed by atoms with Gasteiger partial charge >= 0.3 is 0 Å². The van der Waals surface area contributed by atoms with E-state index in [4.69, 9.17) is 11.6 Å². The first-order valence-corrected chi connectivity index (χ1v) is 8.49. The second-order valence-corrected chi connectivity index (χ2v) is 6.06. The lowest BCUT2D eigenvalue weighted by atomic mass is 10.1. The van der Waals surface area contributed by atoms with Crippen LogP contribution in [0.3, 0.4) is 0 Å². The number of aromatic nitrogens is 3. The smallest absolute Gasteiger partial charge is 0.267 e. The minimum absolute atomic E-state index is 0.0216. The van der Waals surface area contributed by atoms with Crippen molar-refractivity contribution in [2.24, 2.45) is 0 Å². The average Bonchev–Trinajstić information content (AvgIpc) is 3.01. The summed E-state index contributed by atoms with van der Waals surface area (Å²) in [5.41, 5.74) is 1.50. The maximum Gasteiger partial charge on any atom is 0.267 e. The molecule has 1 aliphatic rings. The molecule has 1 fully saturated rings. The van der Waals surface area contributed by atoms with Crippen molar-refractivity contribution in [2.45, 2.75) is 52.5 Å². The molecule has 0 amide bonds. The first-order chi connectivity index (χ1) is 10.1. The van der Waals surface area contributed by atoms with Crippen molar-refractivity contribution in [2.75, 3.05) is 0 Å². The van der Waals surface area contributed by atoms with Gasteiger partial charge < -0.3 is 0 Å². The van der Waals surface area contributed by atoms with Crippen LogP contribution in [0, 0.1) is 6.92 Å². The molecule has 0 bridgehead atoms. The second kappa shape index (κ2) is 6.88. The SMILES string of the molecule is CC.Cc1c(Br)c(=O)n(C2CCCC2)c2nc(Cl)ncc12. The highest BCUT2D eigenvalue weighted by molar-refractivity contribution is 9.10. The molecule has 0 aromatic carbocycles. The lowest BCUT2D eigenvalue weighted by Gasteiger charge is -2.18. The van der Waals surface area contributed by atoms with Gasteiger partial charge in [0.05, 0.1) is 4.47 Å². The highest BCUT2D eigenvalue weighted by atomic mass is 79.9. The van der Waals surface area contributed by atoms with E-state index in [0.717, 1.165) is 36.6 Å². The summed E-state index contributed by atoms with van der Waals surface area (Å²) >= 11 is 9.29. The molecule has 0 atom stereocenters. The maximum atomic E-state index is 12.5. The van der Waals surface area contributed by atoms with Gasteiger partial charge in [-0.05, 0) is 52.9 Å². The highest BCUT2D eigenvalue weighted by Crippen LogP contribution is 2.32. The molecule has 0 saturated heterocycles. The molecule has 0 N–H and O–H groups in total. The van der Waals surface area contributed by atoms with Crippen LogP contribution >= 0.6 is 27.5 Å². The molecule has 2 aromatic heterocycles. The molecule has 0 spiro atoms. The maximum absolute atomic E-state index is 12.5. The molecule has 0 aliphatic heterocycles. The third-order valence-electron chi connectivity index (χ3n) is 3.80. The van der Waals surface area contributed by atoms with E-state index in [1.165, 1.54) is 0 Å². The monoisotopic (exact) mass is 371 g/mol. The number of hydrogen-bond donors (Lipinski definition) is 0. The normalized spacial score (nSPS) is 15.1. The lowest BCUT2D eigenvalue weighted by molar-refractivity contribution is 0.514. The van der Waals surface area contributed by atoms with Crippen LogP contribution in [0.25, 0.3) is 11.0 Å². The van der Waals surface area contributed by atoms with Gasteiger partial charge in [-0.1, -0.05) is 26.7 Å². The largest absolute Gasteiger partial charge is 0.288 e. The summed E-state index contributed by atoms with van der Waals surface area (Å²) in [7, 11) is 0.